The van der Waals surface area contributed by atoms with E-state index in [0.717, 1.165) is 42.9 Å². The van der Waals surface area contributed by atoms with E-state index in [9.17, 15) is 9.59 Å². The summed E-state index contributed by atoms with van der Waals surface area (Å²) in [4.78, 5) is 23.7. The van der Waals surface area contributed by atoms with E-state index < -0.39 is 6.04 Å². The highest BCUT2D eigenvalue weighted by Gasteiger charge is 2.24. The summed E-state index contributed by atoms with van der Waals surface area (Å²) in [5.41, 5.74) is 2.06. The molecule has 2 atom stereocenters. The van der Waals surface area contributed by atoms with Crippen molar-refractivity contribution in [3.05, 3.63) is 29.3 Å². The SMILES string of the molecule is Cc1ccc(CNC(=O)[C@H]2CCCC(=O)N2)c(OC[C@@H]2CCOC2)c1. The molecule has 1 aromatic carbocycles. The highest BCUT2D eigenvalue weighted by molar-refractivity contribution is 5.88. The number of carbonyl (C=O) groups excluding carboxylic acids is 2. The largest absolute Gasteiger partial charge is 0.493 e. The lowest BCUT2D eigenvalue weighted by Crippen LogP contribution is -2.48. The number of carbonyl (C=O) groups is 2. The van der Waals surface area contributed by atoms with Crippen LogP contribution < -0.4 is 15.4 Å². The fourth-order valence-corrected chi connectivity index (χ4v) is 3.17. The number of ether oxygens (including phenoxy) is 2. The molecule has 25 heavy (non-hydrogen) atoms. The van der Waals surface area contributed by atoms with Gasteiger partial charge in [-0.25, -0.2) is 0 Å². The molecule has 2 amide bonds. The van der Waals surface area contributed by atoms with Crippen molar-refractivity contribution < 1.29 is 19.1 Å². The molecule has 2 aliphatic heterocycles. The number of benzene rings is 1. The molecular weight excluding hydrogens is 320 g/mol. The Hall–Kier alpha value is -2.08. The molecule has 0 saturated carbocycles. The van der Waals surface area contributed by atoms with Gasteiger partial charge in [-0.3, -0.25) is 9.59 Å². The zero-order valence-corrected chi connectivity index (χ0v) is 14.7. The molecule has 0 spiro atoms. The van der Waals surface area contributed by atoms with Crippen LogP contribution in [-0.4, -0.2) is 37.7 Å². The summed E-state index contributed by atoms with van der Waals surface area (Å²) in [6, 6.07) is 5.57. The molecule has 2 heterocycles. The van der Waals surface area contributed by atoms with Crippen molar-refractivity contribution in [2.75, 3.05) is 19.8 Å². The van der Waals surface area contributed by atoms with E-state index >= 15 is 0 Å². The van der Waals surface area contributed by atoms with Gasteiger partial charge in [0.15, 0.2) is 0 Å². The number of aryl methyl sites for hydroxylation is 1. The van der Waals surface area contributed by atoms with Crippen LogP contribution in [-0.2, 0) is 20.9 Å². The molecule has 6 nitrogen and oxygen atoms in total. The van der Waals surface area contributed by atoms with Crippen molar-refractivity contribution in [1.82, 2.24) is 10.6 Å². The number of hydrogen-bond acceptors (Lipinski definition) is 4. The monoisotopic (exact) mass is 346 g/mol. The van der Waals surface area contributed by atoms with Gasteiger partial charge in [-0.15, -0.1) is 0 Å². The van der Waals surface area contributed by atoms with Crippen molar-refractivity contribution in [2.45, 2.75) is 45.2 Å². The van der Waals surface area contributed by atoms with Crippen LogP contribution in [0.4, 0.5) is 0 Å². The van der Waals surface area contributed by atoms with Gasteiger partial charge in [0.05, 0.1) is 13.2 Å². The number of piperidine rings is 1. The summed E-state index contributed by atoms with van der Waals surface area (Å²) in [6.45, 7) is 4.59. The Morgan fingerprint density at radius 3 is 3.04 bits per heavy atom. The molecule has 3 rings (SSSR count). The molecule has 0 radical (unpaired) electrons. The topological polar surface area (TPSA) is 76.7 Å². The zero-order chi connectivity index (χ0) is 17.6. The summed E-state index contributed by atoms with van der Waals surface area (Å²) in [7, 11) is 0. The summed E-state index contributed by atoms with van der Waals surface area (Å²) in [5.74, 6) is 1.05. The van der Waals surface area contributed by atoms with Gasteiger partial charge in [-0.05, 0) is 37.8 Å². The molecule has 2 N–H and O–H groups in total. The van der Waals surface area contributed by atoms with Gasteiger partial charge >= 0.3 is 0 Å². The molecule has 0 aliphatic carbocycles. The van der Waals surface area contributed by atoms with Gasteiger partial charge in [-0.1, -0.05) is 12.1 Å². The number of rotatable bonds is 6. The first-order valence-corrected chi connectivity index (χ1v) is 8.99. The first-order chi connectivity index (χ1) is 12.1. The van der Waals surface area contributed by atoms with Crippen LogP contribution in [0.25, 0.3) is 0 Å². The lowest BCUT2D eigenvalue weighted by atomic mass is 10.0. The van der Waals surface area contributed by atoms with Crippen LogP contribution in [0.5, 0.6) is 5.75 Å². The molecule has 2 aliphatic rings. The zero-order valence-electron chi connectivity index (χ0n) is 14.7. The number of amides is 2. The van der Waals surface area contributed by atoms with Crippen molar-refractivity contribution in [2.24, 2.45) is 5.92 Å². The standard InChI is InChI=1S/C19H26N2O4/c1-13-5-6-15(17(9-13)25-12-14-7-8-24-11-14)10-20-19(23)16-3-2-4-18(22)21-16/h5-6,9,14,16H,2-4,7-8,10-12H2,1H3,(H,20,23)(H,21,22)/t14-,16-/m1/s1. The number of nitrogens with one attached hydrogen (secondary N) is 2. The maximum atomic E-state index is 12.3. The Morgan fingerprint density at radius 1 is 1.40 bits per heavy atom. The maximum Gasteiger partial charge on any atom is 0.242 e. The van der Waals surface area contributed by atoms with E-state index in [1.54, 1.807) is 0 Å². The third-order valence-electron chi connectivity index (χ3n) is 4.72. The quantitative estimate of drug-likeness (QED) is 0.822. The van der Waals surface area contributed by atoms with Gasteiger partial charge in [0.25, 0.3) is 0 Å². The first-order valence-electron chi connectivity index (χ1n) is 8.99. The third-order valence-corrected chi connectivity index (χ3v) is 4.72. The average Bonchev–Trinajstić information content (AvgIpc) is 3.12. The second kappa shape index (κ2) is 8.34. The van der Waals surface area contributed by atoms with Crippen molar-refractivity contribution in [3.63, 3.8) is 0 Å². The second-order valence-corrected chi connectivity index (χ2v) is 6.88. The number of hydrogen-bond donors (Lipinski definition) is 2. The van der Waals surface area contributed by atoms with Gasteiger partial charge in [0, 0.05) is 31.1 Å². The van der Waals surface area contributed by atoms with Crippen molar-refractivity contribution in [3.8, 4) is 5.75 Å². The smallest absolute Gasteiger partial charge is 0.242 e. The summed E-state index contributed by atoms with van der Waals surface area (Å²) in [5, 5.41) is 5.66. The molecule has 1 aromatic rings. The predicted octanol–water partition coefficient (Wildman–Crippen LogP) is 1.70. The normalized spacial score (nSPS) is 23.2. The van der Waals surface area contributed by atoms with Crippen LogP contribution in [0, 0.1) is 12.8 Å². The molecular formula is C19H26N2O4. The molecule has 0 unspecified atom stereocenters. The van der Waals surface area contributed by atoms with Gasteiger partial charge in [0.1, 0.15) is 11.8 Å². The van der Waals surface area contributed by atoms with E-state index in [4.69, 9.17) is 9.47 Å². The van der Waals surface area contributed by atoms with Crippen LogP contribution in [0.15, 0.2) is 18.2 Å². The molecule has 136 valence electrons. The minimum Gasteiger partial charge on any atom is -0.493 e. The van der Waals surface area contributed by atoms with E-state index in [0.29, 0.717) is 31.9 Å². The van der Waals surface area contributed by atoms with E-state index in [1.807, 2.05) is 25.1 Å². The van der Waals surface area contributed by atoms with Crippen molar-refractivity contribution >= 4 is 11.8 Å². The minimum absolute atomic E-state index is 0.0514. The Kier molecular flexibility index (Phi) is 5.91. The Bertz CT molecular complexity index is 626. The Balaban J connectivity index is 1.57. The third kappa shape index (κ3) is 4.95. The molecule has 2 saturated heterocycles. The highest BCUT2D eigenvalue weighted by atomic mass is 16.5. The maximum absolute atomic E-state index is 12.3. The summed E-state index contributed by atoms with van der Waals surface area (Å²) >= 11 is 0. The fraction of sp³-hybridized carbons (Fsp3) is 0.579. The van der Waals surface area contributed by atoms with Gasteiger partial charge in [0.2, 0.25) is 11.8 Å². The molecule has 0 aromatic heterocycles. The Morgan fingerprint density at radius 2 is 2.28 bits per heavy atom. The predicted molar refractivity (Wildman–Crippen MR) is 93.2 cm³/mol. The lowest BCUT2D eigenvalue weighted by Gasteiger charge is -2.22. The summed E-state index contributed by atoms with van der Waals surface area (Å²) < 4.78 is 11.4. The molecule has 0 bridgehead atoms. The average molecular weight is 346 g/mol. The summed E-state index contributed by atoms with van der Waals surface area (Å²) in [6.07, 6.45) is 2.98. The van der Waals surface area contributed by atoms with Crippen LogP contribution >= 0.6 is 0 Å². The van der Waals surface area contributed by atoms with E-state index in [1.165, 1.54) is 0 Å². The highest BCUT2D eigenvalue weighted by Crippen LogP contribution is 2.23. The lowest BCUT2D eigenvalue weighted by molar-refractivity contribution is -0.131. The van der Waals surface area contributed by atoms with Crippen LogP contribution in [0.3, 0.4) is 0 Å². The van der Waals surface area contributed by atoms with E-state index in [2.05, 4.69) is 10.6 Å². The van der Waals surface area contributed by atoms with Crippen molar-refractivity contribution in [1.29, 1.82) is 0 Å². The molecule has 2 fully saturated rings. The molecule has 6 heteroatoms. The fourth-order valence-electron chi connectivity index (χ4n) is 3.17. The van der Waals surface area contributed by atoms with Gasteiger partial charge < -0.3 is 20.1 Å². The van der Waals surface area contributed by atoms with Crippen LogP contribution in [0.1, 0.15) is 36.8 Å². The Labute approximate surface area is 148 Å². The first kappa shape index (κ1) is 17.7. The van der Waals surface area contributed by atoms with E-state index in [-0.39, 0.29) is 11.8 Å². The minimum atomic E-state index is -0.424. The van der Waals surface area contributed by atoms with Gasteiger partial charge in [-0.2, -0.15) is 0 Å². The second-order valence-electron chi connectivity index (χ2n) is 6.88. The van der Waals surface area contributed by atoms with Crippen LogP contribution in [0.2, 0.25) is 0 Å².